The number of hydrogen-bond donors (Lipinski definition) is 0. The van der Waals surface area contributed by atoms with E-state index in [1.54, 1.807) is 0 Å². The molecule has 6 nitrogen and oxygen atoms in total. The third-order valence-corrected chi connectivity index (χ3v) is 9.06. The first-order valence-corrected chi connectivity index (χ1v) is 15.8. The number of carbonyl (C=O) groups is 1. The molecular weight excluding hydrogens is 524 g/mol. The van der Waals surface area contributed by atoms with Gasteiger partial charge in [0.25, 0.3) is 5.91 Å². The third-order valence-electron chi connectivity index (χ3n) is 9.06. The Kier molecular flexibility index (Phi) is 9.86. The quantitative estimate of drug-likeness (QED) is 0.401. The van der Waals surface area contributed by atoms with Crippen LogP contribution in [0.5, 0.6) is 5.75 Å². The van der Waals surface area contributed by atoms with Crippen LogP contribution < -0.4 is 4.74 Å². The summed E-state index contributed by atoms with van der Waals surface area (Å²) in [6.45, 7) is 6.82. The molecule has 0 aromatic heterocycles. The zero-order valence-corrected chi connectivity index (χ0v) is 24.7. The van der Waals surface area contributed by atoms with Crippen LogP contribution in [-0.2, 0) is 28.9 Å². The van der Waals surface area contributed by atoms with Crippen LogP contribution in [0, 0.1) is 5.92 Å². The van der Waals surface area contributed by atoms with Gasteiger partial charge in [-0.1, -0.05) is 54.6 Å². The molecule has 222 valence electrons. The van der Waals surface area contributed by atoms with E-state index in [2.05, 4.69) is 65.6 Å². The summed E-state index contributed by atoms with van der Waals surface area (Å²) in [6.07, 6.45) is 6.05. The molecule has 0 aliphatic carbocycles. The third kappa shape index (κ3) is 7.60. The number of nitrogens with zero attached hydrogens (tertiary/aromatic N) is 2. The lowest BCUT2D eigenvalue weighted by atomic mass is 9.90. The normalized spacial score (nSPS) is 19.9. The van der Waals surface area contributed by atoms with E-state index in [0.717, 1.165) is 94.8 Å². The fraction of sp³-hybridized carbons (Fsp3) is 0.472. The Morgan fingerprint density at radius 3 is 2.36 bits per heavy atom. The van der Waals surface area contributed by atoms with Crippen molar-refractivity contribution < 1.29 is 19.0 Å². The molecule has 6 rings (SSSR count). The van der Waals surface area contributed by atoms with Crippen LogP contribution in [0.4, 0.5) is 0 Å². The van der Waals surface area contributed by atoms with Crippen molar-refractivity contribution in [3.05, 3.63) is 101 Å². The number of piperidine rings is 1. The van der Waals surface area contributed by atoms with Crippen molar-refractivity contribution >= 4 is 5.91 Å². The van der Waals surface area contributed by atoms with E-state index in [9.17, 15) is 4.79 Å². The van der Waals surface area contributed by atoms with Gasteiger partial charge in [0.2, 0.25) is 0 Å². The molecule has 3 aliphatic rings. The van der Waals surface area contributed by atoms with Crippen LogP contribution in [0.1, 0.15) is 58.3 Å². The van der Waals surface area contributed by atoms with Gasteiger partial charge in [0, 0.05) is 57.4 Å². The van der Waals surface area contributed by atoms with E-state index in [0.29, 0.717) is 31.8 Å². The van der Waals surface area contributed by atoms with Crippen molar-refractivity contribution in [3.8, 4) is 5.75 Å². The molecule has 2 fully saturated rings. The van der Waals surface area contributed by atoms with E-state index in [1.165, 1.54) is 16.7 Å². The van der Waals surface area contributed by atoms with Crippen LogP contribution in [0.25, 0.3) is 0 Å². The Bertz CT molecular complexity index is 1300. The number of rotatable bonds is 4. The lowest BCUT2D eigenvalue weighted by Crippen LogP contribution is -2.41. The van der Waals surface area contributed by atoms with Crippen LogP contribution >= 0.6 is 0 Å². The molecular formula is C36H44N2O4. The summed E-state index contributed by atoms with van der Waals surface area (Å²) in [5.74, 6) is 1.59. The molecule has 2 saturated heterocycles. The van der Waals surface area contributed by atoms with Gasteiger partial charge in [0.1, 0.15) is 12.4 Å². The van der Waals surface area contributed by atoms with Crippen molar-refractivity contribution in [2.75, 3.05) is 52.7 Å². The number of ether oxygens (including phenoxy) is 3. The Hall–Kier alpha value is -3.19. The zero-order valence-electron chi connectivity index (χ0n) is 24.7. The summed E-state index contributed by atoms with van der Waals surface area (Å²) in [7, 11) is 0. The Morgan fingerprint density at radius 1 is 0.738 bits per heavy atom. The first kappa shape index (κ1) is 28.9. The number of benzene rings is 3. The molecule has 0 unspecified atom stereocenters. The first-order chi connectivity index (χ1) is 20.7. The predicted octanol–water partition coefficient (Wildman–Crippen LogP) is 5.76. The molecule has 42 heavy (non-hydrogen) atoms. The molecule has 1 amide bonds. The summed E-state index contributed by atoms with van der Waals surface area (Å²) in [5, 5.41) is 0. The summed E-state index contributed by atoms with van der Waals surface area (Å²) in [6, 6.07) is 26.1. The number of carbonyl (C=O) groups excluding carboxylic acids is 1. The SMILES string of the molecule is O=C(c1ccc2c(c1)Cc1cccc(c1)CN(C1CCOCC1)CCOCCO2)N1CCC(Cc2ccccc2)CC1. The van der Waals surface area contributed by atoms with Crippen LogP contribution in [0.15, 0.2) is 72.8 Å². The van der Waals surface area contributed by atoms with Crippen molar-refractivity contribution in [1.29, 1.82) is 0 Å². The van der Waals surface area contributed by atoms with E-state index in [4.69, 9.17) is 14.2 Å². The summed E-state index contributed by atoms with van der Waals surface area (Å²) in [5.41, 5.74) is 5.74. The zero-order chi connectivity index (χ0) is 28.6. The minimum atomic E-state index is 0.125. The Balaban J connectivity index is 1.16. The van der Waals surface area contributed by atoms with Crippen molar-refractivity contribution in [3.63, 3.8) is 0 Å². The van der Waals surface area contributed by atoms with Gasteiger partial charge in [-0.3, -0.25) is 9.69 Å². The lowest BCUT2D eigenvalue weighted by molar-refractivity contribution is 0.0133. The molecule has 2 bridgehead atoms. The van der Waals surface area contributed by atoms with E-state index in [1.807, 2.05) is 17.0 Å². The van der Waals surface area contributed by atoms with Gasteiger partial charge in [0.05, 0.1) is 13.2 Å². The molecule has 3 aromatic rings. The minimum absolute atomic E-state index is 0.125. The van der Waals surface area contributed by atoms with Gasteiger partial charge in [-0.25, -0.2) is 0 Å². The smallest absolute Gasteiger partial charge is 0.253 e. The summed E-state index contributed by atoms with van der Waals surface area (Å²) >= 11 is 0. The van der Waals surface area contributed by atoms with Gasteiger partial charge in [-0.2, -0.15) is 0 Å². The van der Waals surface area contributed by atoms with Gasteiger partial charge >= 0.3 is 0 Å². The second-order valence-corrected chi connectivity index (χ2v) is 12.0. The lowest BCUT2D eigenvalue weighted by Gasteiger charge is -2.34. The van der Waals surface area contributed by atoms with Crippen molar-refractivity contribution in [1.82, 2.24) is 9.80 Å². The average Bonchev–Trinajstić information content (AvgIpc) is 3.03. The van der Waals surface area contributed by atoms with E-state index in [-0.39, 0.29) is 5.91 Å². The molecule has 0 N–H and O–H groups in total. The van der Waals surface area contributed by atoms with Gasteiger partial charge in [-0.05, 0) is 78.5 Å². The predicted molar refractivity (Wildman–Crippen MR) is 165 cm³/mol. The summed E-state index contributed by atoms with van der Waals surface area (Å²) in [4.78, 5) is 18.2. The summed E-state index contributed by atoms with van der Waals surface area (Å²) < 4.78 is 17.8. The first-order valence-electron chi connectivity index (χ1n) is 15.8. The molecule has 0 atom stereocenters. The van der Waals surface area contributed by atoms with Gasteiger partial charge in [0.15, 0.2) is 0 Å². The highest BCUT2D eigenvalue weighted by atomic mass is 16.5. The molecule has 0 saturated carbocycles. The maximum atomic E-state index is 13.6. The Labute approximate surface area is 250 Å². The van der Waals surface area contributed by atoms with Gasteiger partial charge in [-0.15, -0.1) is 0 Å². The fourth-order valence-corrected chi connectivity index (χ4v) is 6.69. The van der Waals surface area contributed by atoms with E-state index >= 15 is 0 Å². The highest BCUT2D eigenvalue weighted by molar-refractivity contribution is 5.94. The molecule has 3 aliphatic heterocycles. The second-order valence-electron chi connectivity index (χ2n) is 12.0. The van der Waals surface area contributed by atoms with Crippen molar-refractivity contribution in [2.45, 2.75) is 51.1 Å². The van der Waals surface area contributed by atoms with Crippen LogP contribution in [0.3, 0.4) is 0 Å². The molecule has 3 aromatic carbocycles. The average molecular weight is 569 g/mol. The molecule has 0 spiro atoms. The minimum Gasteiger partial charge on any atom is -0.491 e. The second kappa shape index (κ2) is 14.3. The molecule has 6 heteroatoms. The molecule has 0 radical (unpaired) electrons. The maximum absolute atomic E-state index is 13.6. The highest BCUT2D eigenvalue weighted by Crippen LogP contribution is 2.28. The molecule has 3 heterocycles. The topological polar surface area (TPSA) is 51.2 Å². The number of hydrogen-bond acceptors (Lipinski definition) is 5. The highest BCUT2D eigenvalue weighted by Gasteiger charge is 2.25. The standard InChI is InChI=1S/C36H44N2O4/c39-36(37-15-11-29(12-16-37)23-28-5-2-1-3-6-28)32-9-10-35-33(26-32)25-30-7-4-8-31(24-30)27-38(17-20-41-21-22-42-35)34-13-18-40-19-14-34/h1-10,24,26,29,34H,11-23,25,27H2. The largest absolute Gasteiger partial charge is 0.491 e. The van der Waals surface area contributed by atoms with E-state index < -0.39 is 0 Å². The van der Waals surface area contributed by atoms with Crippen LogP contribution in [-0.4, -0.2) is 74.4 Å². The fourth-order valence-electron chi connectivity index (χ4n) is 6.69. The van der Waals surface area contributed by atoms with Crippen LogP contribution in [0.2, 0.25) is 0 Å². The Morgan fingerprint density at radius 2 is 1.52 bits per heavy atom. The van der Waals surface area contributed by atoms with Gasteiger partial charge < -0.3 is 19.1 Å². The van der Waals surface area contributed by atoms with Crippen molar-refractivity contribution in [2.24, 2.45) is 5.92 Å². The monoisotopic (exact) mass is 568 g/mol. The number of amides is 1. The number of likely N-dealkylation sites (tertiary alicyclic amines) is 1. The maximum Gasteiger partial charge on any atom is 0.253 e. The number of fused-ring (bicyclic) bond motifs is 3.